The number of carbonyl (C=O) groups is 1. The Kier molecular flexibility index (Phi) is 4.12. The zero-order chi connectivity index (χ0) is 15.7. The Morgan fingerprint density at radius 3 is 2.68 bits per heavy atom. The van der Waals surface area contributed by atoms with E-state index < -0.39 is 11.7 Å². The summed E-state index contributed by atoms with van der Waals surface area (Å²) in [6, 6.07) is 5.08. The number of halogens is 3. The van der Waals surface area contributed by atoms with Crippen LogP contribution in [0.2, 0.25) is 0 Å². The third kappa shape index (κ3) is 3.11. The summed E-state index contributed by atoms with van der Waals surface area (Å²) in [7, 11) is 0. The first-order chi connectivity index (χ1) is 10.4. The molecule has 3 nitrogen and oxygen atoms in total. The summed E-state index contributed by atoms with van der Waals surface area (Å²) in [5, 5.41) is 0. The zero-order valence-corrected chi connectivity index (χ0v) is 12.3. The Hall–Kier alpha value is -1.56. The Bertz CT molecular complexity index is 559. The van der Waals surface area contributed by atoms with Gasteiger partial charge in [-0.1, -0.05) is 6.07 Å². The van der Waals surface area contributed by atoms with Crippen molar-refractivity contribution in [3.8, 4) is 0 Å². The second-order valence-electron chi connectivity index (χ2n) is 6.02. The largest absolute Gasteiger partial charge is 0.416 e. The van der Waals surface area contributed by atoms with E-state index in [1.165, 1.54) is 12.1 Å². The number of fused-ring (bicyclic) bond motifs is 1. The molecule has 2 heterocycles. The van der Waals surface area contributed by atoms with Gasteiger partial charge in [0.05, 0.1) is 5.56 Å². The maximum Gasteiger partial charge on any atom is 0.416 e. The van der Waals surface area contributed by atoms with Crippen LogP contribution >= 0.6 is 0 Å². The monoisotopic (exact) mass is 312 g/mol. The van der Waals surface area contributed by atoms with Gasteiger partial charge in [-0.15, -0.1) is 0 Å². The Morgan fingerprint density at radius 1 is 1.14 bits per heavy atom. The predicted octanol–water partition coefficient (Wildman–Crippen LogP) is 3.02. The van der Waals surface area contributed by atoms with E-state index in [2.05, 4.69) is 4.90 Å². The maximum absolute atomic E-state index is 12.8. The van der Waals surface area contributed by atoms with Crippen LogP contribution in [0.3, 0.4) is 0 Å². The Balaban J connectivity index is 1.78. The second-order valence-corrected chi connectivity index (χ2v) is 6.02. The average Bonchev–Trinajstić information content (AvgIpc) is 2.83. The average molecular weight is 312 g/mol. The number of benzene rings is 1. The van der Waals surface area contributed by atoms with E-state index in [0.717, 1.165) is 44.5 Å². The third-order valence-corrected chi connectivity index (χ3v) is 4.53. The fourth-order valence-electron chi connectivity index (χ4n) is 3.40. The molecule has 3 rings (SSSR count). The second kappa shape index (κ2) is 5.91. The molecule has 2 fully saturated rings. The van der Waals surface area contributed by atoms with E-state index in [4.69, 9.17) is 0 Å². The molecule has 1 unspecified atom stereocenters. The van der Waals surface area contributed by atoms with Gasteiger partial charge in [-0.2, -0.15) is 13.2 Å². The standard InChI is InChI=1S/C16H19F3N2O/c17-16(18,19)13-5-1-4-12(10-13)15(22)21-9-3-8-20-7-2-6-14(20)11-21/h1,4-5,10,14H,2-3,6-9,11H2. The van der Waals surface area contributed by atoms with Crippen molar-refractivity contribution in [2.24, 2.45) is 0 Å². The highest BCUT2D eigenvalue weighted by Crippen LogP contribution is 2.30. The molecule has 0 spiro atoms. The van der Waals surface area contributed by atoms with Gasteiger partial charge < -0.3 is 4.90 Å². The molecule has 1 aromatic carbocycles. The molecule has 2 saturated heterocycles. The molecule has 0 radical (unpaired) electrons. The van der Waals surface area contributed by atoms with Gasteiger partial charge in [-0.3, -0.25) is 9.69 Å². The first-order valence-corrected chi connectivity index (χ1v) is 7.66. The number of hydrogen-bond donors (Lipinski definition) is 0. The van der Waals surface area contributed by atoms with Crippen LogP contribution in [0.4, 0.5) is 13.2 Å². The van der Waals surface area contributed by atoms with Crippen molar-refractivity contribution in [1.29, 1.82) is 0 Å². The minimum Gasteiger partial charge on any atom is -0.337 e. The normalized spacial score (nSPS) is 23.2. The number of hydrogen-bond acceptors (Lipinski definition) is 2. The Morgan fingerprint density at radius 2 is 1.91 bits per heavy atom. The minimum absolute atomic E-state index is 0.126. The number of amides is 1. The lowest BCUT2D eigenvalue weighted by Gasteiger charge is -2.26. The van der Waals surface area contributed by atoms with Gasteiger partial charge >= 0.3 is 6.18 Å². The molecular formula is C16H19F3N2O. The summed E-state index contributed by atoms with van der Waals surface area (Å²) in [6.45, 7) is 3.27. The molecule has 1 amide bonds. The van der Waals surface area contributed by atoms with Gasteiger partial charge in [-0.25, -0.2) is 0 Å². The summed E-state index contributed by atoms with van der Waals surface area (Å²) in [6.07, 6.45) is -1.35. The lowest BCUT2D eigenvalue weighted by Crippen LogP contribution is -2.39. The number of alkyl halides is 3. The number of carbonyl (C=O) groups excluding carboxylic acids is 1. The maximum atomic E-state index is 12.8. The van der Waals surface area contributed by atoms with Gasteiger partial charge in [0.1, 0.15) is 0 Å². The van der Waals surface area contributed by atoms with E-state index in [0.29, 0.717) is 19.1 Å². The molecule has 120 valence electrons. The Labute approximate surface area is 127 Å². The zero-order valence-electron chi connectivity index (χ0n) is 12.3. The molecule has 1 atom stereocenters. The fraction of sp³-hybridized carbons (Fsp3) is 0.562. The molecular weight excluding hydrogens is 293 g/mol. The van der Waals surface area contributed by atoms with Gasteiger partial charge in [0, 0.05) is 31.2 Å². The lowest BCUT2D eigenvalue weighted by molar-refractivity contribution is -0.137. The van der Waals surface area contributed by atoms with Crippen molar-refractivity contribution in [3.05, 3.63) is 35.4 Å². The molecule has 1 aromatic rings. The van der Waals surface area contributed by atoms with E-state index >= 15 is 0 Å². The molecule has 0 aliphatic carbocycles. The van der Waals surface area contributed by atoms with Crippen LogP contribution < -0.4 is 0 Å². The molecule has 0 N–H and O–H groups in total. The van der Waals surface area contributed by atoms with E-state index in [-0.39, 0.29) is 11.5 Å². The minimum atomic E-state index is -4.42. The molecule has 0 aromatic heterocycles. The summed E-state index contributed by atoms with van der Waals surface area (Å²) in [5.74, 6) is -0.292. The van der Waals surface area contributed by atoms with Gasteiger partial charge in [0.15, 0.2) is 0 Å². The SMILES string of the molecule is O=C(c1cccc(C(F)(F)F)c1)N1CCCN2CCCC2C1. The van der Waals surface area contributed by atoms with E-state index in [1.54, 1.807) is 4.90 Å². The van der Waals surface area contributed by atoms with Crippen LogP contribution in [-0.2, 0) is 6.18 Å². The van der Waals surface area contributed by atoms with Crippen LogP contribution in [0.5, 0.6) is 0 Å². The summed E-state index contributed by atoms with van der Waals surface area (Å²) in [5.41, 5.74) is -0.642. The highest BCUT2D eigenvalue weighted by atomic mass is 19.4. The summed E-state index contributed by atoms with van der Waals surface area (Å²) >= 11 is 0. The van der Waals surface area contributed by atoms with Gasteiger partial charge in [0.2, 0.25) is 0 Å². The number of rotatable bonds is 1. The first-order valence-electron chi connectivity index (χ1n) is 7.66. The van der Waals surface area contributed by atoms with Crippen LogP contribution in [0, 0.1) is 0 Å². The highest BCUT2D eigenvalue weighted by Gasteiger charge is 2.33. The van der Waals surface area contributed by atoms with Crippen LogP contribution in [0.1, 0.15) is 35.2 Å². The van der Waals surface area contributed by atoms with Crippen molar-refractivity contribution in [2.45, 2.75) is 31.5 Å². The molecule has 0 bridgehead atoms. The summed E-state index contributed by atoms with van der Waals surface area (Å²) < 4.78 is 38.3. The topological polar surface area (TPSA) is 23.6 Å². The highest BCUT2D eigenvalue weighted by molar-refractivity contribution is 5.94. The van der Waals surface area contributed by atoms with Crippen molar-refractivity contribution < 1.29 is 18.0 Å². The van der Waals surface area contributed by atoms with E-state index in [1.807, 2.05) is 0 Å². The van der Waals surface area contributed by atoms with Crippen LogP contribution in [-0.4, -0.2) is 47.9 Å². The van der Waals surface area contributed by atoms with Crippen LogP contribution in [0.25, 0.3) is 0 Å². The van der Waals surface area contributed by atoms with Gasteiger partial charge in [-0.05, 0) is 44.0 Å². The van der Waals surface area contributed by atoms with Crippen molar-refractivity contribution in [2.75, 3.05) is 26.2 Å². The molecule has 6 heteroatoms. The lowest BCUT2D eigenvalue weighted by atomic mass is 10.1. The van der Waals surface area contributed by atoms with Gasteiger partial charge in [0.25, 0.3) is 5.91 Å². The number of nitrogens with zero attached hydrogens (tertiary/aromatic N) is 2. The summed E-state index contributed by atoms with van der Waals surface area (Å²) in [4.78, 5) is 16.7. The molecule has 2 aliphatic rings. The quantitative estimate of drug-likeness (QED) is 0.796. The van der Waals surface area contributed by atoms with Crippen molar-refractivity contribution in [3.63, 3.8) is 0 Å². The van der Waals surface area contributed by atoms with Crippen molar-refractivity contribution in [1.82, 2.24) is 9.80 Å². The first kappa shape index (κ1) is 15.3. The smallest absolute Gasteiger partial charge is 0.337 e. The molecule has 0 saturated carbocycles. The van der Waals surface area contributed by atoms with E-state index in [9.17, 15) is 18.0 Å². The van der Waals surface area contributed by atoms with Crippen molar-refractivity contribution >= 4 is 5.91 Å². The molecule has 2 aliphatic heterocycles. The molecule has 22 heavy (non-hydrogen) atoms. The van der Waals surface area contributed by atoms with Crippen LogP contribution in [0.15, 0.2) is 24.3 Å². The third-order valence-electron chi connectivity index (χ3n) is 4.53. The fourth-order valence-corrected chi connectivity index (χ4v) is 3.40. The predicted molar refractivity (Wildman–Crippen MR) is 76.6 cm³/mol.